The summed E-state index contributed by atoms with van der Waals surface area (Å²) in [7, 11) is 0. The van der Waals surface area contributed by atoms with Crippen LogP contribution in [0.3, 0.4) is 0 Å². The predicted octanol–water partition coefficient (Wildman–Crippen LogP) is 2.75. The van der Waals surface area contributed by atoms with Crippen LogP contribution in [-0.4, -0.2) is 52.6 Å². The molecule has 2 aromatic rings. The Morgan fingerprint density at radius 3 is 3.27 bits per heavy atom. The number of hydrogen-bond acceptors (Lipinski definition) is 6. The molecule has 1 amide bonds. The molecule has 0 N–H and O–H groups in total. The highest BCUT2D eigenvalue weighted by Crippen LogP contribution is 2.32. The zero-order valence-corrected chi connectivity index (χ0v) is 13.6. The Morgan fingerprint density at radius 1 is 1.45 bits per heavy atom. The minimum atomic E-state index is 0.0336. The Balaban J connectivity index is 1.56. The number of thiazole rings is 1. The van der Waals surface area contributed by atoms with Crippen LogP contribution < -0.4 is 0 Å². The van der Waals surface area contributed by atoms with Crippen molar-refractivity contribution in [1.82, 2.24) is 9.88 Å². The van der Waals surface area contributed by atoms with Crippen molar-refractivity contribution >= 4 is 29.0 Å². The zero-order valence-electron chi connectivity index (χ0n) is 11.9. The summed E-state index contributed by atoms with van der Waals surface area (Å²) in [5.74, 6) is 1.71. The van der Waals surface area contributed by atoms with Gasteiger partial charge in [0.15, 0.2) is 10.8 Å². The number of rotatable bonds is 2. The maximum atomic E-state index is 12.8. The van der Waals surface area contributed by atoms with Crippen LogP contribution in [0.15, 0.2) is 28.2 Å². The van der Waals surface area contributed by atoms with Gasteiger partial charge in [-0.2, -0.15) is 11.8 Å². The first-order valence-electron chi connectivity index (χ1n) is 7.32. The molecule has 2 atom stereocenters. The molecule has 2 fully saturated rings. The van der Waals surface area contributed by atoms with Crippen LogP contribution in [0.2, 0.25) is 0 Å². The van der Waals surface area contributed by atoms with Gasteiger partial charge in [-0.15, -0.1) is 11.3 Å². The third-order valence-electron chi connectivity index (χ3n) is 4.05. The maximum Gasteiger partial charge on any atom is 0.273 e. The first-order chi connectivity index (χ1) is 10.8. The second-order valence-corrected chi connectivity index (χ2v) is 7.56. The van der Waals surface area contributed by atoms with E-state index in [-0.39, 0.29) is 11.9 Å². The average Bonchev–Trinajstić information content (AvgIpc) is 3.24. The fourth-order valence-electron chi connectivity index (χ4n) is 2.97. The molecule has 2 saturated heterocycles. The molecular weight excluding hydrogens is 320 g/mol. The van der Waals surface area contributed by atoms with Gasteiger partial charge in [0.05, 0.1) is 12.9 Å². The summed E-state index contributed by atoms with van der Waals surface area (Å²) in [5, 5.41) is 2.98. The van der Waals surface area contributed by atoms with Gasteiger partial charge in [-0.05, 0) is 18.6 Å². The minimum Gasteiger partial charge on any atom is -0.462 e. The first-order valence-corrected chi connectivity index (χ1v) is 9.25. The number of carbonyl (C=O) groups excluding carboxylic acids is 1. The Labute approximate surface area is 136 Å². The van der Waals surface area contributed by atoms with Gasteiger partial charge in [-0.3, -0.25) is 4.79 Å². The number of fused-ring (bicyclic) bond motifs is 1. The number of amides is 1. The number of ether oxygens (including phenoxy) is 1. The van der Waals surface area contributed by atoms with Crippen molar-refractivity contribution in [2.75, 3.05) is 25.5 Å². The molecular formula is C15H16N2O3S2. The van der Waals surface area contributed by atoms with E-state index in [1.165, 1.54) is 11.3 Å². The summed E-state index contributed by atoms with van der Waals surface area (Å²) in [6, 6.07) is 3.96. The molecule has 0 aromatic carbocycles. The lowest BCUT2D eigenvalue weighted by molar-refractivity contribution is 0.0316. The van der Waals surface area contributed by atoms with Crippen LogP contribution >= 0.6 is 23.1 Å². The van der Waals surface area contributed by atoms with E-state index >= 15 is 0 Å². The third kappa shape index (κ3) is 2.57. The molecule has 22 heavy (non-hydrogen) atoms. The lowest BCUT2D eigenvalue weighted by Crippen LogP contribution is -2.54. The third-order valence-corrected chi connectivity index (χ3v) is 6.20. The van der Waals surface area contributed by atoms with Gasteiger partial charge in [0.25, 0.3) is 5.91 Å². The van der Waals surface area contributed by atoms with E-state index in [0.29, 0.717) is 16.7 Å². The number of hydrogen-bond donors (Lipinski definition) is 0. The van der Waals surface area contributed by atoms with Crippen LogP contribution in [0, 0.1) is 0 Å². The molecule has 7 heteroatoms. The largest absolute Gasteiger partial charge is 0.462 e. The molecule has 0 unspecified atom stereocenters. The fourth-order valence-corrected chi connectivity index (χ4v) is 5.03. The SMILES string of the molecule is O=C(c1csc(-c2ccco2)n1)N1CCS[C@@H]2COCC[C@@H]21. The maximum absolute atomic E-state index is 12.8. The molecule has 2 aliphatic rings. The van der Waals surface area contributed by atoms with Gasteiger partial charge in [0, 0.05) is 35.6 Å². The quantitative estimate of drug-likeness (QED) is 0.844. The van der Waals surface area contributed by atoms with Gasteiger partial charge in [-0.25, -0.2) is 4.98 Å². The smallest absolute Gasteiger partial charge is 0.273 e. The lowest BCUT2D eigenvalue weighted by Gasteiger charge is -2.43. The van der Waals surface area contributed by atoms with Crippen molar-refractivity contribution in [1.29, 1.82) is 0 Å². The van der Waals surface area contributed by atoms with E-state index in [9.17, 15) is 4.79 Å². The van der Waals surface area contributed by atoms with E-state index in [4.69, 9.17) is 9.15 Å². The van der Waals surface area contributed by atoms with Crippen LogP contribution in [0.4, 0.5) is 0 Å². The summed E-state index contributed by atoms with van der Waals surface area (Å²) < 4.78 is 10.9. The van der Waals surface area contributed by atoms with E-state index in [1.807, 2.05) is 34.2 Å². The molecule has 4 heterocycles. The molecule has 0 bridgehead atoms. The highest BCUT2D eigenvalue weighted by atomic mass is 32.2. The topological polar surface area (TPSA) is 55.6 Å². The molecule has 4 rings (SSSR count). The van der Waals surface area contributed by atoms with Crippen molar-refractivity contribution < 1.29 is 13.9 Å². The van der Waals surface area contributed by atoms with Crippen LogP contribution in [0.5, 0.6) is 0 Å². The Morgan fingerprint density at radius 2 is 2.41 bits per heavy atom. The molecule has 5 nitrogen and oxygen atoms in total. The molecule has 0 radical (unpaired) electrons. The second-order valence-electron chi connectivity index (χ2n) is 5.35. The Bertz CT molecular complexity index is 654. The number of nitrogens with zero attached hydrogens (tertiary/aromatic N) is 2. The first kappa shape index (κ1) is 14.3. The highest BCUT2D eigenvalue weighted by Gasteiger charge is 2.37. The molecule has 2 aromatic heterocycles. The standard InChI is InChI=1S/C15H16N2O3S2/c18-15(10-9-22-14(16-10)12-2-1-5-20-12)17-4-7-21-13-8-19-6-3-11(13)17/h1-2,5,9,11,13H,3-4,6-8H2/t11-,13+/m0/s1. The highest BCUT2D eigenvalue weighted by molar-refractivity contribution is 8.00. The fraction of sp³-hybridized carbons (Fsp3) is 0.467. The summed E-state index contributed by atoms with van der Waals surface area (Å²) in [6.45, 7) is 2.27. The van der Waals surface area contributed by atoms with E-state index in [2.05, 4.69) is 4.98 Å². The number of thioether (sulfide) groups is 1. The van der Waals surface area contributed by atoms with Gasteiger partial charge >= 0.3 is 0 Å². The predicted molar refractivity (Wildman–Crippen MR) is 86.3 cm³/mol. The molecule has 116 valence electrons. The van der Waals surface area contributed by atoms with Gasteiger partial charge in [-0.1, -0.05) is 0 Å². The summed E-state index contributed by atoms with van der Waals surface area (Å²) in [6.07, 6.45) is 2.53. The van der Waals surface area contributed by atoms with Crippen LogP contribution in [-0.2, 0) is 4.74 Å². The van der Waals surface area contributed by atoms with Crippen molar-refractivity contribution in [2.24, 2.45) is 0 Å². The minimum absolute atomic E-state index is 0.0336. The normalized spacial score (nSPS) is 25.0. The number of carbonyl (C=O) groups is 1. The average molecular weight is 336 g/mol. The molecule has 0 aliphatic carbocycles. The van der Waals surface area contributed by atoms with Crippen LogP contribution in [0.1, 0.15) is 16.9 Å². The van der Waals surface area contributed by atoms with E-state index in [1.54, 1.807) is 6.26 Å². The zero-order chi connectivity index (χ0) is 14.9. The molecule has 2 aliphatic heterocycles. The summed E-state index contributed by atoms with van der Waals surface area (Å²) in [5.41, 5.74) is 0.522. The van der Waals surface area contributed by atoms with Gasteiger partial charge in [0.2, 0.25) is 0 Å². The van der Waals surface area contributed by atoms with Gasteiger partial charge < -0.3 is 14.1 Å². The van der Waals surface area contributed by atoms with Crippen molar-refractivity contribution in [3.05, 3.63) is 29.5 Å². The molecule has 0 spiro atoms. The monoisotopic (exact) mass is 336 g/mol. The summed E-state index contributed by atoms with van der Waals surface area (Å²) in [4.78, 5) is 19.3. The Hall–Kier alpha value is -1.31. The Kier molecular flexibility index (Phi) is 3.94. The van der Waals surface area contributed by atoms with Crippen LogP contribution in [0.25, 0.3) is 10.8 Å². The van der Waals surface area contributed by atoms with E-state index in [0.717, 1.165) is 36.9 Å². The second kappa shape index (κ2) is 6.06. The van der Waals surface area contributed by atoms with Crippen molar-refractivity contribution in [3.8, 4) is 10.8 Å². The number of aromatic nitrogens is 1. The van der Waals surface area contributed by atoms with Crippen molar-refractivity contribution in [2.45, 2.75) is 17.7 Å². The van der Waals surface area contributed by atoms with Gasteiger partial charge in [0.1, 0.15) is 5.69 Å². The number of furan rings is 1. The van der Waals surface area contributed by atoms with E-state index < -0.39 is 0 Å². The van der Waals surface area contributed by atoms with Crippen molar-refractivity contribution in [3.63, 3.8) is 0 Å². The molecule has 0 saturated carbocycles. The lowest BCUT2D eigenvalue weighted by atomic mass is 10.1. The summed E-state index contributed by atoms with van der Waals surface area (Å²) >= 11 is 3.36.